The fourth-order valence-electron chi connectivity index (χ4n) is 2.14. The van der Waals surface area contributed by atoms with Crippen molar-refractivity contribution >= 4 is 17.4 Å². The van der Waals surface area contributed by atoms with Crippen LogP contribution in [0.2, 0.25) is 0 Å². The van der Waals surface area contributed by atoms with Crippen LogP contribution in [0.25, 0.3) is 5.69 Å². The molecule has 24 heavy (non-hydrogen) atoms. The zero-order valence-electron chi connectivity index (χ0n) is 12.5. The topological polar surface area (TPSA) is 86.7 Å². The molecule has 122 valence electrons. The van der Waals surface area contributed by atoms with Gasteiger partial charge in [-0.1, -0.05) is 30.0 Å². The van der Waals surface area contributed by atoms with Gasteiger partial charge in [-0.15, -0.1) is 5.10 Å². The molecule has 0 aliphatic rings. The lowest BCUT2D eigenvalue weighted by atomic mass is 10.1. The van der Waals surface area contributed by atoms with Gasteiger partial charge in [0.2, 0.25) is 5.16 Å². The molecule has 3 rings (SSSR count). The molecular weight excluding hydrogens is 333 g/mol. The van der Waals surface area contributed by atoms with Crippen LogP contribution in [0.4, 0.5) is 10.1 Å². The summed E-state index contributed by atoms with van der Waals surface area (Å²) in [5, 5.41) is 22.7. The summed E-state index contributed by atoms with van der Waals surface area (Å²) < 4.78 is 14.8. The van der Waals surface area contributed by atoms with Gasteiger partial charge in [-0.2, -0.15) is 4.68 Å². The second-order valence-electron chi connectivity index (χ2n) is 4.97. The van der Waals surface area contributed by atoms with Crippen LogP contribution < -0.4 is 0 Å². The van der Waals surface area contributed by atoms with Gasteiger partial charge in [-0.25, -0.2) is 4.39 Å². The van der Waals surface area contributed by atoms with Crippen molar-refractivity contribution in [3.63, 3.8) is 0 Å². The molecule has 0 aliphatic carbocycles. The van der Waals surface area contributed by atoms with Crippen LogP contribution in [0.5, 0.6) is 0 Å². The number of thioether (sulfide) groups is 1. The van der Waals surface area contributed by atoms with E-state index in [9.17, 15) is 14.5 Å². The highest BCUT2D eigenvalue weighted by atomic mass is 32.2. The number of tetrazole rings is 1. The van der Waals surface area contributed by atoms with Crippen molar-refractivity contribution < 1.29 is 9.31 Å². The van der Waals surface area contributed by atoms with Crippen LogP contribution in [0, 0.1) is 15.9 Å². The van der Waals surface area contributed by atoms with Gasteiger partial charge in [-0.05, 0) is 41.1 Å². The predicted molar refractivity (Wildman–Crippen MR) is 86.5 cm³/mol. The van der Waals surface area contributed by atoms with E-state index in [-0.39, 0.29) is 16.8 Å². The van der Waals surface area contributed by atoms with Gasteiger partial charge in [0.05, 0.1) is 10.6 Å². The molecule has 1 atom stereocenters. The molecule has 0 saturated heterocycles. The van der Waals surface area contributed by atoms with Crippen molar-refractivity contribution in [1.82, 2.24) is 20.2 Å². The first-order valence-corrected chi connectivity index (χ1v) is 7.88. The second kappa shape index (κ2) is 6.75. The SMILES string of the molecule is C[C@@H](Sc1nnnn1-c1cccc(F)c1)c1cccc([N+](=O)[O-])c1. The summed E-state index contributed by atoms with van der Waals surface area (Å²) >= 11 is 1.33. The molecular formula is C15H12FN5O2S. The van der Waals surface area contributed by atoms with E-state index in [2.05, 4.69) is 15.5 Å². The number of hydrogen-bond acceptors (Lipinski definition) is 6. The predicted octanol–water partition coefficient (Wildman–Crippen LogP) is 3.56. The summed E-state index contributed by atoms with van der Waals surface area (Å²) in [6, 6.07) is 12.4. The van der Waals surface area contributed by atoms with E-state index in [1.165, 1.54) is 40.7 Å². The molecule has 0 spiro atoms. The highest BCUT2D eigenvalue weighted by molar-refractivity contribution is 7.99. The Morgan fingerprint density at radius 1 is 1.25 bits per heavy atom. The highest BCUT2D eigenvalue weighted by Crippen LogP contribution is 2.35. The molecule has 9 heteroatoms. The minimum atomic E-state index is -0.433. The average Bonchev–Trinajstić information content (AvgIpc) is 3.03. The van der Waals surface area contributed by atoms with Crippen LogP contribution in [0.3, 0.4) is 0 Å². The van der Waals surface area contributed by atoms with E-state index < -0.39 is 4.92 Å². The third kappa shape index (κ3) is 3.40. The highest BCUT2D eigenvalue weighted by Gasteiger charge is 2.17. The number of rotatable bonds is 5. The average molecular weight is 345 g/mol. The Balaban J connectivity index is 1.86. The third-order valence-electron chi connectivity index (χ3n) is 3.33. The van der Waals surface area contributed by atoms with Crippen LogP contribution in [-0.4, -0.2) is 25.1 Å². The molecule has 1 aromatic heterocycles. The summed E-state index contributed by atoms with van der Waals surface area (Å²) in [4.78, 5) is 10.5. The Bertz CT molecular complexity index is 886. The minimum Gasteiger partial charge on any atom is -0.258 e. The zero-order valence-corrected chi connectivity index (χ0v) is 13.4. The third-order valence-corrected chi connectivity index (χ3v) is 4.42. The molecule has 0 unspecified atom stereocenters. The van der Waals surface area contributed by atoms with Gasteiger partial charge in [0.25, 0.3) is 5.69 Å². The van der Waals surface area contributed by atoms with E-state index in [0.717, 1.165) is 5.56 Å². The van der Waals surface area contributed by atoms with E-state index >= 15 is 0 Å². The zero-order chi connectivity index (χ0) is 17.1. The molecule has 3 aromatic rings. The first-order chi connectivity index (χ1) is 11.5. The van der Waals surface area contributed by atoms with Gasteiger partial charge < -0.3 is 0 Å². The normalized spacial score (nSPS) is 12.1. The maximum absolute atomic E-state index is 13.4. The largest absolute Gasteiger partial charge is 0.269 e. The summed E-state index contributed by atoms with van der Waals surface area (Å²) in [5.41, 5.74) is 1.32. The maximum atomic E-state index is 13.4. The van der Waals surface area contributed by atoms with Crippen LogP contribution >= 0.6 is 11.8 Å². The number of nitrogens with zero attached hydrogens (tertiary/aromatic N) is 5. The Hall–Kier alpha value is -2.81. The number of hydrogen-bond donors (Lipinski definition) is 0. The molecule has 1 heterocycles. The lowest BCUT2D eigenvalue weighted by Crippen LogP contribution is -2.01. The van der Waals surface area contributed by atoms with Crippen LogP contribution in [0.15, 0.2) is 53.7 Å². The number of aromatic nitrogens is 4. The van der Waals surface area contributed by atoms with Crippen LogP contribution in [-0.2, 0) is 0 Å². The fourth-order valence-corrected chi connectivity index (χ4v) is 3.06. The molecule has 0 bridgehead atoms. The first-order valence-electron chi connectivity index (χ1n) is 7.00. The first kappa shape index (κ1) is 16.1. The quantitative estimate of drug-likeness (QED) is 0.399. The van der Waals surface area contributed by atoms with Crippen molar-refractivity contribution in [2.24, 2.45) is 0 Å². The number of nitro benzene ring substituents is 1. The van der Waals surface area contributed by atoms with Gasteiger partial charge in [0, 0.05) is 17.4 Å². The fraction of sp³-hybridized carbons (Fsp3) is 0.133. The number of non-ortho nitro benzene ring substituents is 1. The number of nitro groups is 1. The molecule has 0 radical (unpaired) electrons. The lowest BCUT2D eigenvalue weighted by molar-refractivity contribution is -0.384. The van der Waals surface area contributed by atoms with E-state index in [1.54, 1.807) is 24.3 Å². The van der Waals surface area contributed by atoms with Crippen molar-refractivity contribution in [3.05, 3.63) is 70.0 Å². The van der Waals surface area contributed by atoms with E-state index in [4.69, 9.17) is 0 Å². The molecule has 0 aliphatic heterocycles. The maximum Gasteiger partial charge on any atom is 0.269 e. The number of benzene rings is 2. The number of halogens is 1. The van der Waals surface area contributed by atoms with Gasteiger partial charge in [0.1, 0.15) is 5.82 Å². The lowest BCUT2D eigenvalue weighted by Gasteiger charge is -2.11. The van der Waals surface area contributed by atoms with Crippen LogP contribution in [0.1, 0.15) is 17.7 Å². The Labute approximate surface area is 140 Å². The summed E-state index contributed by atoms with van der Waals surface area (Å²) in [6.07, 6.45) is 0. The second-order valence-corrected chi connectivity index (χ2v) is 6.27. The Kier molecular flexibility index (Phi) is 4.52. The minimum absolute atomic E-state index is 0.0321. The molecule has 0 saturated carbocycles. The molecule has 7 nitrogen and oxygen atoms in total. The molecule has 0 fully saturated rings. The Morgan fingerprint density at radius 3 is 2.79 bits per heavy atom. The summed E-state index contributed by atoms with van der Waals surface area (Å²) in [7, 11) is 0. The summed E-state index contributed by atoms with van der Waals surface area (Å²) in [5.74, 6) is -0.384. The standard InChI is InChI=1S/C15H12FN5O2S/c1-10(11-4-2-7-14(8-11)21(22)23)24-15-17-18-19-20(15)13-6-3-5-12(16)9-13/h2-10H,1H3/t10-/m1/s1. The summed E-state index contributed by atoms with van der Waals surface area (Å²) in [6.45, 7) is 1.90. The monoisotopic (exact) mass is 345 g/mol. The Morgan fingerprint density at radius 2 is 2.04 bits per heavy atom. The van der Waals surface area contributed by atoms with Gasteiger partial charge >= 0.3 is 0 Å². The van der Waals surface area contributed by atoms with Gasteiger partial charge in [-0.3, -0.25) is 10.1 Å². The van der Waals surface area contributed by atoms with Crippen molar-refractivity contribution in [3.8, 4) is 5.69 Å². The van der Waals surface area contributed by atoms with Crippen molar-refractivity contribution in [2.75, 3.05) is 0 Å². The van der Waals surface area contributed by atoms with Crippen molar-refractivity contribution in [2.45, 2.75) is 17.3 Å². The molecule has 0 amide bonds. The van der Waals surface area contributed by atoms with E-state index in [1.807, 2.05) is 6.92 Å². The molecule has 0 N–H and O–H groups in total. The van der Waals surface area contributed by atoms with Gasteiger partial charge in [0.15, 0.2) is 0 Å². The molecule has 2 aromatic carbocycles. The smallest absolute Gasteiger partial charge is 0.258 e. The van der Waals surface area contributed by atoms with Crippen molar-refractivity contribution in [1.29, 1.82) is 0 Å². The van der Waals surface area contributed by atoms with E-state index in [0.29, 0.717) is 10.8 Å².